The molecule has 0 bridgehead atoms. The lowest BCUT2D eigenvalue weighted by Gasteiger charge is -2.46. The number of hydrogen-bond acceptors (Lipinski definition) is 3. The van der Waals surface area contributed by atoms with Crippen LogP contribution >= 0.6 is 0 Å². The maximum atomic E-state index is 6.03. The quantitative estimate of drug-likeness (QED) is 0.770. The zero-order chi connectivity index (χ0) is 12.2. The van der Waals surface area contributed by atoms with Crippen LogP contribution < -0.4 is 5.73 Å². The molecule has 0 aromatic heterocycles. The largest absolute Gasteiger partial charge is 0.329 e. The second-order valence-electron chi connectivity index (χ2n) is 5.84. The third-order valence-corrected chi connectivity index (χ3v) is 4.15. The summed E-state index contributed by atoms with van der Waals surface area (Å²) in [6.07, 6.45) is 3.71. The average Bonchev–Trinajstić information content (AvgIpc) is 2.27. The minimum atomic E-state index is 0.265. The van der Waals surface area contributed by atoms with Gasteiger partial charge in [-0.1, -0.05) is 13.8 Å². The van der Waals surface area contributed by atoms with Crippen LogP contribution in [0.5, 0.6) is 0 Å². The van der Waals surface area contributed by atoms with Gasteiger partial charge < -0.3 is 10.6 Å². The summed E-state index contributed by atoms with van der Waals surface area (Å²) in [5, 5.41) is 0. The number of nitrogens with two attached hydrogens (primary N) is 1. The van der Waals surface area contributed by atoms with Crippen LogP contribution in [0, 0.1) is 5.92 Å². The number of rotatable bonds is 5. The molecule has 16 heavy (non-hydrogen) atoms. The molecule has 0 atom stereocenters. The number of hydrogen-bond donors (Lipinski definition) is 1. The van der Waals surface area contributed by atoms with E-state index in [-0.39, 0.29) is 5.54 Å². The Balaban J connectivity index is 2.51. The summed E-state index contributed by atoms with van der Waals surface area (Å²) in [5.74, 6) is 0.781. The van der Waals surface area contributed by atoms with Crippen LogP contribution in [0.1, 0.15) is 33.1 Å². The summed E-state index contributed by atoms with van der Waals surface area (Å²) in [5.41, 5.74) is 6.30. The maximum absolute atomic E-state index is 6.03. The molecule has 3 heteroatoms. The summed E-state index contributed by atoms with van der Waals surface area (Å²) in [7, 11) is 4.45. The van der Waals surface area contributed by atoms with E-state index in [0.29, 0.717) is 0 Å². The SMILES string of the molecule is CC(C)CCN(C)C1(CN)CCN(C)CC1. The molecule has 0 saturated carbocycles. The molecule has 1 fully saturated rings. The Hall–Kier alpha value is -0.120. The van der Waals surface area contributed by atoms with E-state index in [1.165, 1.54) is 38.9 Å². The molecule has 1 heterocycles. The fourth-order valence-corrected chi connectivity index (χ4v) is 2.47. The van der Waals surface area contributed by atoms with Gasteiger partial charge in [0.2, 0.25) is 0 Å². The van der Waals surface area contributed by atoms with Crippen molar-refractivity contribution in [3.05, 3.63) is 0 Å². The van der Waals surface area contributed by atoms with Crippen molar-refractivity contribution in [2.45, 2.75) is 38.6 Å². The average molecular weight is 227 g/mol. The minimum Gasteiger partial charge on any atom is -0.329 e. The van der Waals surface area contributed by atoms with Crippen LogP contribution in [0.4, 0.5) is 0 Å². The monoisotopic (exact) mass is 227 g/mol. The summed E-state index contributed by atoms with van der Waals surface area (Å²) < 4.78 is 0. The first kappa shape index (κ1) is 13.9. The van der Waals surface area contributed by atoms with Crippen LogP contribution in [-0.2, 0) is 0 Å². The molecule has 0 spiro atoms. The first-order chi connectivity index (χ1) is 7.50. The van der Waals surface area contributed by atoms with E-state index in [1.807, 2.05) is 0 Å². The summed E-state index contributed by atoms with van der Waals surface area (Å²) in [6.45, 7) is 8.93. The third-order valence-electron chi connectivity index (χ3n) is 4.15. The van der Waals surface area contributed by atoms with Gasteiger partial charge in [-0.2, -0.15) is 0 Å². The molecule has 3 nitrogen and oxygen atoms in total. The Morgan fingerprint density at radius 2 is 1.88 bits per heavy atom. The fraction of sp³-hybridized carbons (Fsp3) is 1.00. The standard InChI is InChI=1S/C13H29N3/c1-12(2)5-8-16(4)13(11-14)6-9-15(3)10-7-13/h12H,5-11,14H2,1-4H3. The summed E-state index contributed by atoms with van der Waals surface area (Å²) in [4.78, 5) is 4.92. The molecule has 1 aliphatic rings. The fourth-order valence-electron chi connectivity index (χ4n) is 2.47. The molecular weight excluding hydrogens is 198 g/mol. The summed E-state index contributed by atoms with van der Waals surface area (Å²) in [6, 6.07) is 0. The van der Waals surface area contributed by atoms with E-state index in [2.05, 4.69) is 37.7 Å². The highest BCUT2D eigenvalue weighted by atomic mass is 15.2. The highest BCUT2D eigenvalue weighted by Crippen LogP contribution is 2.26. The second kappa shape index (κ2) is 5.99. The zero-order valence-electron chi connectivity index (χ0n) is 11.5. The Morgan fingerprint density at radius 1 is 1.31 bits per heavy atom. The highest BCUT2D eigenvalue weighted by molar-refractivity contribution is 4.94. The summed E-state index contributed by atoms with van der Waals surface area (Å²) >= 11 is 0. The minimum absolute atomic E-state index is 0.265. The number of likely N-dealkylation sites (N-methyl/N-ethyl adjacent to an activating group) is 1. The van der Waals surface area contributed by atoms with E-state index < -0.39 is 0 Å². The predicted molar refractivity (Wildman–Crippen MR) is 70.6 cm³/mol. The third kappa shape index (κ3) is 3.44. The van der Waals surface area contributed by atoms with Gasteiger partial charge in [-0.25, -0.2) is 0 Å². The predicted octanol–water partition coefficient (Wildman–Crippen LogP) is 1.39. The zero-order valence-corrected chi connectivity index (χ0v) is 11.5. The molecule has 1 rings (SSSR count). The lowest BCUT2D eigenvalue weighted by Crippen LogP contribution is -2.57. The molecule has 1 saturated heterocycles. The van der Waals surface area contributed by atoms with Gasteiger partial charge in [-0.3, -0.25) is 4.90 Å². The molecular formula is C13H29N3. The first-order valence-corrected chi connectivity index (χ1v) is 6.60. The van der Waals surface area contributed by atoms with Crippen molar-refractivity contribution in [3.8, 4) is 0 Å². The van der Waals surface area contributed by atoms with Crippen molar-refractivity contribution in [2.75, 3.05) is 40.3 Å². The van der Waals surface area contributed by atoms with Gasteiger partial charge >= 0.3 is 0 Å². The van der Waals surface area contributed by atoms with E-state index >= 15 is 0 Å². The van der Waals surface area contributed by atoms with Gasteiger partial charge in [0.05, 0.1) is 0 Å². The highest BCUT2D eigenvalue weighted by Gasteiger charge is 2.35. The number of likely N-dealkylation sites (tertiary alicyclic amines) is 1. The molecule has 0 aromatic carbocycles. The Morgan fingerprint density at radius 3 is 2.31 bits per heavy atom. The van der Waals surface area contributed by atoms with E-state index in [4.69, 9.17) is 5.73 Å². The number of nitrogens with zero attached hydrogens (tertiary/aromatic N) is 2. The van der Waals surface area contributed by atoms with Crippen molar-refractivity contribution in [1.29, 1.82) is 0 Å². The normalized spacial score (nSPS) is 21.9. The van der Waals surface area contributed by atoms with E-state index in [0.717, 1.165) is 12.5 Å². The Bertz CT molecular complexity index is 195. The maximum Gasteiger partial charge on any atom is 0.0353 e. The van der Waals surface area contributed by atoms with Crippen molar-refractivity contribution in [1.82, 2.24) is 9.80 Å². The van der Waals surface area contributed by atoms with Crippen molar-refractivity contribution < 1.29 is 0 Å². The second-order valence-corrected chi connectivity index (χ2v) is 5.84. The Labute approximate surface area is 101 Å². The van der Waals surface area contributed by atoms with Crippen LogP contribution in [0.25, 0.3) is 0 Å². The molecule has 1 aliphatic heterocycles. The van der Waals surface area contributed by atoms with Gasteiger partial charge in [-0.15, -0.1) is 0 Å². The van der Waals surface area contributed by atoms with Crippen molar-refractivity contribution >= 4 is 0 Å². The van der Waals surface area contributed by atoms with Crippen LogP contribution in [-0.4, -0.2) is 55.6 Å². The van der Waals surface area contributed by atoms with E-state index in [9.17, 15) is 0 Å². The Kier molecular flexibility index (Phi) is 5.22. The molecule has 0 amide bonds. The first-order valence-electron chi connectivity index (χ1n) is 6.60. The number of piperidine rings is 1. The van der Waals surface area contributed by atoms with E-state index in [1.54, 1.807) is 0 Å². The molecule has 96 valence electrons. The van der Waals surface area contributed by atoms with Crippen molar-refractivity contribution in [2.24, 2.45) is 11.7 Å². The smallest absolute Gasteiger partial charge is 0.0353 e. The van der Waals surface area contributed by atoms with Gasteiger partial charge in [0.15, 0.2) is 0 Å². The molecule has 0 radical (unpaired) electrons. The van der Waals surface area contributed by atoms with Gasteiger partial charge in [0.25, 0.3) is 0 Å². The van der Waals surface area contributed by atoms with Crippen LogP contribution in [0.15, 0.2) is 0 Å². The van der Waals surface area contributed by atoms with Crippen molar-refractivity contribution in [3.63, 3.8) is 0 Å². The molecule has 0 aliphatic carbocycles. The lowest BCUT2D eigenvalue weighted by molar-refractivity contribution is 0.0510. The topological polar surface area (TPSA) is 32.5 Å². The van der Waals surface area contributed by atoms with Crippen LogP contribution in [0.3, 0.4) is 0 Å². The van der Waals surface area contributed by atoms with Gasteiger partial charge in [0, 0.05) is 12.1 Å². The molecule has 2 N–H and O–H groups in total. The lowest BCUT2D eigenvalue weighted by atomic mass is 9.85. The molecule has 0 aromatic rings. The molecule has 0 unspecified atom stereocenters. The van der Waals surface area contributed by atoms with Gasteiger partial charge in [0.1, 0.15) is 0 Å². The van der Waals surface area contributed by atoms with Gasteiger partial charge in [-0.05, 0) is 58.9 Å². The van der Waals surface area contributed by atoms with Crippen LogP contribution in [0.2, 0.25) is 0 Å².